The van der Waals surface area contributed by atoms with Gasteiger partial charge in [-0.2, -0.15) is 0 Å². The number of phosphoric ester groups is 1. The molecule has 0 bridgehead atoms. The van der Waals surface area contributed by atoms with Crippen molar-refractivity contribution < 1.29 is 38.6 Å². The number of aliphatic hydroxyl groups excluding tert-OH is 4. The molecule has 2 unspecified atom stereocenters. The third-order valence-electron chi connectivity index (χ3n) is 2.18. The largest absolute Gasteiger partial charge is 0.474 e. The summed E-state index contributed by atoms with van der Waals surface area (Å²) >= 11 is 0. The summed E-state index contributed by atoms with van der Waals surface area (Å²) in [6.07, 6.45) is -0.0428. The minimum Gasteiger partial charge on any atom is -0.394 e. The summed E-state index contributed by atoms with van der Waals surface area (Å²) in [6, 6.07) is 0. The fourth-order valence-corrected chi connectivity index (χ4v) is 2.41. The van der Waals surface area contributed by atoms with Crippen molar-refractivity contribution >= 4 is 7.82 Å². The van der Waals surface area contributed by atoms with Crippen LogP contribution in [0, 0.1) is 0 Å². The number of hydrogen-bond donors (Lipinski definition) is 4. The monoisotopic (exact) mass is 346 g/mol. The molecule has 0 aromatic carbocycles. The van der Waals surface area contributed by atoms with Gasteiger partial charge in [-0.1, -0.05) is 20.8 Å². The van der Waals surface area contributed by atoms with Crippen molar-refractivity contribution in [3.63, 3.8) is 0 Å². The zero-order chi connectivity index (χ0) is 17.4. The lowest BCUT2D eigenvalue weighted by Gasteiger charge is -2.16. The van der Waals surface area contributed by atoms with Gasteiger partial charge >= 0.3 is 7.82 Å². The molecule has 0 rings (SSSR count). The number of rotatable bonds is 12. The Labute approximate surface area is 132 Å². The molecule has 0 aromatic rings. The fourth-order valence-electron chi connectivity index (χ4n) is 0.964. The van der Waals surface area contributed by atoms with E-state index in [1.807, 2.05) is 20.8 Å². The zero-order valence-corrected chi connectivity index (χ0v) is 14.6. The van der Waals surface area contributed by atoms with Gasteiger partial charge in [0.15, 0.2) is 0 Å². The van der Waals surface area contributed by atoms with E-state index in [9.17, 15) is 4.57 Å². The van der Waals surface area contributed by atoms with Gasteiger partial charge < -0.3 is 20.4 Å². The van der Waals surface area contributed by atoms with Crippen molar-refractivity contribution in [3.05, 3.63) is 0 Å². The molecule has 0 amide bonds. The molecule has 9 heteroatoms. The Bertz CT molecular complexity index is 240. The minimum atomic E-state index is -3.27. The Morgan fingerprint density at radius 3 is 1.23 bits per heavy atom. The summed E-state index contributed by atoms with van der Waals surface area (Å²) in [5, 5.41) is 33.2. The maximum atomic E-state index is 11.8. The molecule has 0 aromatic heterocycles. The lowest BCUT2D eigenvalue weighted by atomic mass is 10.2. The van der Waals surface area contributed by atoms with Gasteiger partial charge in [-0.3, -0.25) is 13.6 Å². The van der Waals surface area contributed by atoms with Crippen LogP contribution in [-0.4, -0.2) is 65.7 Å². The fraction of sp³-hybridized carbons (Fsp3) is 1.00. The van der Waals surface area contributed by atoms with E-state index in [-0.39, 0.29) is 0 Å². The van der Waals surface area contributed by atoms with Crippen molar-refractivity contribution in [3.8, 4) is 0 Å². The van der Waals surface area contributed by atoms with E-state index in [0.29, 0.717) is 19.8 Å². The van der Waals surface area contributed by atoms with Gasteiger partial charge in [0.25, 0.3) is 0 Å². The molecular weight excluding hydrogens is 315 g/mol. The average molecular weight is 346 g/mol. The van der Waals surface area contributed by atoms with Crippen LogP contribution in [0.1, 0.15) is 40.0 Å². The summed E-state index contributed by atoms with van der Waals surface area (Å²) in [6.45, 7) is 6.02. The molecule has 2 atom stereocenters. The highest BCUT2D eigenvalue weighted by Crippen LogP contribution is 2.49. The van der Waals surface area contributed by atoms with Crippen molar-refractivity contribution in [1.29, 1.82) is 0 Å². The second kappa shape index (κ2) is 15.8. The van der Waals surface area contributed by atoms with Crippen LogP contribution in [0.4, 0.5) is 0 Å². The Balaban J connectivity index is 0. The molecule has 0 heterocycles. The van der Waals surface area contributed by atoms with E-state index in [1.54, 1.807) is 0 Å². The third kappa shape index (κ3) is 13.6. The van der Waals surface area contributed by atoms with Gasteiger partial charge in [-0.15, -0.1) is 0 Å². The lowest BCUT2D eigenvalue weighted by Crippen LogP contribution is -2.31. The van der Waals surface area contributed by atoms with Gasteiger partial charge in [0, 0.05) is 0 Å². The van der Waals surface area contributed by atoms with Crippen LogP contribution in [0.15, 0.2) is 0 Å². The highest BCUT2D eigenvalue weighted by atomic mass is 31.2. The standard InChI is InChI=1S/C9H21O4P.C4H10O4/c1-4-7-11-14(10,12-8-5-2)13-9-6-3;5-1-3(7)4(8)2-6/h4-9H2,1-3H3;3-8H,1-2H2. The van der Waals surface area contributed by atoms with E-state index in [0.717, 1.165) is 19.3 Å². The maximum Gasteiger partial charge on any atom is 0.474 e. The maximum absolute atomic E-state index is 11.8. The Morgan fingerprint density at radius 2 is 1.05 bits per heavy atom. The van der Waals surface area contributed by atoms with Gasteiger partial charge in [-0.25, -0.2) is 4.57 Å². The molecule has 22 heavy (non-hydrogen) atoms. The molecule has 4 N–H and O–H groups in total. The zero-order valence-electron chi connectivity index (χ0n) is 13.7. The molecule has 136 valence electrons. The summed E-state index contributed by atoms with van der Waals surface area (Å²) < 4.78 is 27.1. The Hall–Kier alpha value is -0.0500. The van der Waals surface area contributed by atoms with E-state index >= 15 is 0 Å². The molecule has 0 aliphatic rings. The highest BCUT2D eigenvalue weighted by Gasteiger charge is 2.25. The van der Waals surface area contributed by atoms with Crippen LogP contribution in [0.25, 0.3) is 0 Å². The first-order chi connectivity index (χ1) is 10.4. The highest BCUT2D eigenvalue weighted by molar-refractivity contribution is 7.48. The van der Waals surface area contributed by atoms with Gasteiger partial charge in [0.1, 0.15) is 12.2 Å². The summed E-state index contributed by atoms with van der Waals surface area (Å²) in [4.78, 5) is 0. The first-order valence-electron chi connectivity index (χ1n) is 7.52. The topological polar surface area (TPSA) is 126 Å². The van der Waals surface area contributed by atoms with Gasteiger partial charge in [0.2, 0.25) is 0 Å². The predicted molar refractivity (Wildman–Crippen MR) is 82.5 cm³/mol. The predicted octanol–water partition coefficient (Wildman–Crippen LogP) is 1.07. The van der Waals surface area contributed by atoms with Crippen LogP contribution in [0.3, 0.4) is 0 Å². The van der Waals surface area contributed by atoms with E-state index in [2.05, 4.69) is 0 Å². The first kappa shape index (κ1) is 24.2. The molecular formula is C13H31O8P. The molecule has 0 fully saturated rings. The lowest BCUT2D eigenvalue weighted by molar-refractivity contribution is -0.0388. The summed E-state index contributed by atoms with van der Waals surface area (Å²) in [5.41, 5.74) is 0. The summed E-state index contributed by atoms with van der Waals surface area (Å²) in [7, 11) is -3.27. The molecule has 0 saturated carbocycles. The van der Waals surface area contributed by atoms with Crippen molar-refractivity contribution in [2.75, 3.05) is 33.0 Å². The normalized spacial score (nSPS) is 14.1. The van der Waals surface area contributed by atoms with Crippen molar-refractivity contribution in [1.82, 2.24) is 0 Å². The van der Waals surface area contributed by atoms with Crippen molar-refractivity contribution in [2.45, 2.75) is 52.2 Å². The van der Waals surface area contributed by atoms with E-state index in [1.165, 1.54) is 0 Å². The molecule has 8 nitrogen and oxygen atoms in total. The van der Waals surface area contributed by atoms with Crippen molar-refractivity contribution in [2.24, 2.45) is 0 Å². The van der Waals surface area contributed by atoms with Crippen LogP contribution in [-0.2, 0) is 18.1 Å². The van der Waals surface area contributed by atoms with Crippen LogP contribution >= 0.6 is 7.82 Å². The van der Waals surface area contributed by atoms with Crippen LogP contribution in [0.2, 0.25) is 0 Å². The molecule has 0 aliphatic carbocycles. The molecule has 0 spiro atoms. The Kier molecular flexibility index (Phi) is 17.4. The van der Waals surface area contributed by atoms with Gasteiger partial charge in [-0.05, 0) is 19.3 Å². The summed E-state index contributed by atoms with van der Waals surface area (Å²) in [5.74, 6) is 0. The third-order valence-corrected chi connectivity index (χ3v) is 3.68. The molecule has 0 saturated heterocycles. The average Bonchev–Trinajstić information content (AvgIpc) is 2.55. The number of phosphoric acid groups is 1. The quantitative estimate of drug-likeness (QED) is 0.387. The SMILES string of the molecule is CCCOP(=O)(OCCC)OCCC.OCC(O)C(O)CO. The second-order valence-electron chi connectivity index (χ2n) is 4.45. The smallest absolute Gasteiger partial charge is 0.394 e. The van der Waals surface area contributed by atoms with Crippen LogP contribution < -0.4 is 0 Å². The van der Waals surface area contributed by atoms with E-state index in [4.69, 9.17) is 34.0 Å². The van der Waals surface area contributed by atoms with E-state index < -0.39 is 33.2 Å². The minimum absolute atomic E-state index is 0.407. The Morgan fingerprint density at radius 1 is 0.773 bits per heavy atom. The van der Waals surface area contributed by atoms with Gasteiger partial charge in [0.05, 0.1) is 33.0 Å². The number of hydrogen-bond acceptors (Lipinski definition) is 8. The molecule has 0 radical (unpaired) electrons. The second-order valence-corrected chi connectivity index (χ2v) is 6.12. The number of aliphatic hydroxyl groups is 4. The first-order valence-corrected chi connectivity index (χ1v) is 8.98. The molecule has 0 aliphatic heterocycles. The van der Waals surface area contributed by atoms with Crippen LogP contribution in [0.5, 0.6) is 0 Å².